The molecule has 57 heavy (non-hydrogen) atoms. The van der Waals surface area contributed by atoms with E-state index >= 15 is 0 Å². The lowest BCUT2D eigenvalue weighted by molar-refractivity contribution is -0.123. The minimum absolute atomic E-state index is 0.0699. The van der Waals surface area contributed by atoms with E-state index in [-0.39, 0.29) is 12.5 Å². The Morgan fingerprint density at radius 1 is 0.421 bits per heavy atom. The van der Waals surface area contributed by atoms with Crippen LogP contribution < -0.4 is 5.32 Å². The Hall–Kier alpha value is -1.39. The molecule has 0 bridgehead atoms. The summed E-state index contributed by atoms with van der Waals surface area (Å²) in [5.74, 6) is -0.0699. The number of aliphatic hydroxyl groups excluding tert-OH is 2. The van der Waals surface area contributed by atoms with Crippen molar-refractivity contribution in [2.24, 2.45) is 0 Å². The molecule has 0 saturated carbocycles. The van der Waals surface area contributed by atoms with Crippen molar-refractivity contribution in [1.82, 2.24) is 5.32 Å². The van der Waals surface area contributed by atoms with E-state index in [0.717, 1.165) is 32.1 Å². The molecule has 0 rings (SSSR count). The van der Waals surface area contributed by atoms with E-state index in [0.29, 0.717) is 6.42 Å². The van der Waals surface area contributed by atoms with Gasteiger partial charge in [-0.15, -0.1) is 0 Å². The maximum absolute atomic E-state index is 12.4. The lowest BCUT2D eigenvalue weighted by Crippen LogP contribution is -2.45. The smallest absolute Gasteiger partial charge is 0.220 e. The summed E-state index contributed by atoms with van der Waals surface area (Å²) in [7, 11) is 0. The first kappa shape index (κ1) is 55.6. The molecule has 0 spiro atoms. The Morgan fingerprint density at radius 2 is 0.719 bits per heavy atom. The van der Waals surface area contributed by atoms with Gasteiger partial charge in [0.15, 0.2) is 0 Å². The van der Waals surface area contributed by atoms with Crippen LogP contribution in [-0.2, 0) is 4.79 Å². The van der Waals surface area contributed by atoms with Crippen LogP contribution in [-0.4, -0.2) is 34.9 Å². The summed E-state index contributed by atoms with van der Waals surface area (Å²) in [6.07, 6.45) is 65.7. The maximum atomic E-state index is 12.4. The van der Waals surface area contributed by atoms with Crippen molar-refractivity contribution >= 4 is 5.91 Å². The van der Waals surface area contributed by atoms with E-state index in [2.05, 4.69) is 43.5 Å². The summed E-state index contributed by atoms with van der Waals surface area (Å²) < 4.78 is 0. The zero-order valence-corrected chi connectivity index (χ0v) is 38.6. The molecule has 0 aliphatic carbocycles. The molecule has 3 N–H and O–H groups in total. The first-order valence-electron chi connectivity index (χ1n) is 25.7. The molecular formula is C53H101NO3. The third kappa shape index (κ3) is 45.5. The van der Waals surface area contributed by atoms with Gasteiger partial charge in [-0.2, -0.15) is 0 Å². The number of unbranched alkanes of at least 4 members (excludes halogenated alkanes) is 36. The van der Waals surface area contributed by atoms with Crippen molar-refractivity contribution in [2.75, 3.05) is 6.61 Å². The largest absolute Gasteiger partial charge is 0.394 e. The molecule has 0 heterocycles. The van der Waals surface area contributed by atoms with Crippen LogP contribution in [0.5, 0.6) is 0 Å². The average Bonchev–Trinajstić information content (AvgIpc) is 3.22. The molecule has 2 atom stereocenters. The minimum atomic E-state index is -0.843. The molecule has 2 unspecified atom stereocenters. The number of rotatable bonds is 47. The first-order chi connectivity index (χ1) is 28.2. The number of carbonyl (C=O) groups is 1. The van der Waals surface area contributed by atoms with Crippen molar-refractivity contribution in [2.45, 2.75) is 289 Å². The van der Waals surface area contributed by atoms with E-state index in [1.54, 1.807) is 6.08 Å². The Labute approximate surface area is 357 Å². The van der Waals surface area contributed by atoms with Crippen molar-refractivity contribution < 1.29 is 15.0 Å². The van der Waals surface area contributed by atoms with Gasteiger partial charge in [-0.05, 0) is 51.4 Å². The predicted molar refractivity (Wildman–Crippen MR) is 253 cm³/mol. The van der Waals surface area contributed by atoms with Gasteiger partial charge in [0.05, 0.1) is 18.8 Å². The number of carbonyl (C=O) groups excluding carboxylic acids is 1. The lowest BCUT2D eigenvalue weighted by Gasteiger charge is -2.20. The summed E-state index contributed by atoms with van der Waals surface area (Å²) in [5, 5.41) is 23.1. The number of hydrogen-bond acceptors (Lipinski definition) is 3. The molecule has 0 saturated heterocycles. The summed E-state index contributed by atoms with van der Waals surface area (Å²) in [6.45, 7) is 4.30. The average molecular weight is 800 g/mol. The molecule has 0 aliphatic rings. The number of aliphatic hydroxyl groups is 2. The van der Waals surface area contributed by atoms with Gasteiger partial charge in [0, 0.05) is 6.42 Å². The summed E-state index contributed by atoms with van der Waals surface area (Å²) in [6, 6.07) is -0.626. The fourth-order valence-corrected chi connectivity index (χ4v) is 7.92. The van der Waals surface area contributed by atoms with E-state index in [1.165, 1.54) is 225 Å². The lowest BCUT2D eigenvalue weighted by atomic mass is 10.0. The molecule has 4 heteroatoms. The van der Waals surface area contributed by atoms with Gasteiger partial charge in [0.1, 0.15) is 0 Å². The van der Waals surface area contributed by atoms with Crippen LogP contribution in [0.1, 0.15) is 277 Å². The predicted octanol–water partition coefficient (Wildman–Crippen LogP) is 16.5. The molecule has 0 radical (unpaired) electrons. The third-order valence-corrected chi connectivity index (χ3v) is 11.9. The topological polar surface area (TPSA) is 69.6 Å². The zero-order chi connectivity index (χ0) is 41.4. The highest BCUT2D eigenvalue weighted by atomic mass is 16.3. The molecule has 0 aromatic heterocycles. The summed E-state index contributed by atoms with van der Waals surface area (Å²) >= 11 is 0. The number of nitrogens with one attached hydrogen (secondary N) is 1. The molecule has 336 valence electrons. The number of amides is 1. The summed E-state index contributed by atoms with van der Waals surface area (Å²) in [4.78, 5) is 12.4. The van der Waals surface area contributed by atoms with E-state index in [1.807, 2.05) is 6.08 Å². The van der Waals surface area contributed by atoms with Gasteiger partial charge < -0.3 is 15.5 Å². The molecule has 0 aliphatic heterocycles. The Kier molecular flexibility index (Phi) is 47.8. The van der Waals surface area contributed by atoms with Gasteiger partial charge in [-0.1, -0.05) is 256 Å². The van der Waals surface area contributed by atoms with E-state index in [4.69, 9.17) is 0 Å². The number of allylic oxidation sites excluding steroid dienone is 5. The van der Waals surface area contributed by atoms with Gasteiger partial charge in [-0.3, -0.25) is 4.79 Å². The van der Waals surface area contributed by atoms with Crippen molar-refractivity contribution in [1.29, 1.82) is 0 Å². The number of hydrogen-bond donors (Lipinski definition) is 3. The highest BCUT2D eigenvalue weighted by Crippen LogP contribution is 2.17. The van der Waals surface area contributed by atoms with Crippen LogP contribution in [0.3, 0.4) is 0 Å². The van der Waals surface area contributed by atoms with Crippen LogP contribution in [0.2, 0.25) is 0 Å². The molecule has 4 nitrogen and oxygen atoms in total. The normalized spacial score (nSPS) is 13.1. The van der Waals surface area contributed by atoms with Crippen LogP contribution in [0, 0.1) is 0 Å². The maximum Gasteiger partial charge on any atom is 0.220 e. The Morgan fingerprint density at radius 3 is 1.09 bits per heavy atom. The van der Waals surface area contributed by atoms with Crippen molar-refractivity contribution in [3.05, 3.63) is 36.5 Å². The monoisotopic (exact) mass is 800 g/mol. The quantitative estimate of drug-likeness (QED) is 0.0424. The van der Waals surface area contributed by atoms with Crippen LogP contribution in [0.4, 0.5) is 0 Å². The van der Waals surface area contributed by atoms with Crippen LogP contribution in [0.25, 0.3) is 0 Å². The second-order valence-electron chi connectivity index (χ2n) is 17.6. The second-order valence-corrected chi connectivity index (χ2v) is 17.6. The molecule has 1 amide bonds. The van der Waals surface area contributed by atoms with Crippen LogP contribution >= 0.6 is 0 Å². The minimum Gasteiger partial charge on any atom is -0.394 e. The van der Waals surface area contributed by atoms with Crippen LogP contribution in [0.15, 0.2) is 36.5 Å². The highest BCUT2D eigenvalue weighted by molar-refractivity contribution is 5.76. The van der Waals surface area contributed by atoms with Crippen molar-refractivity contribution in [3.8, 4) is 0 Å². The van der Waals surface area contributed by atoms with Gasteiger partial charge in [-0.25, -0.2) is 0 Å². The molecule has 0 aromatic carbocycles. The second kappa shape index (κ2) is 49.0. The standard InChI is InChI=1S/C53H101NO3/c1-3-5-7-9-11-13-15-17-19-21-22-23-24-25-26-27-28-29-30-31-33-34-36-38-40-42-44-46-48-52(56)51(50-55)54-53(57)49-47-45-43-41-39-37-35-32-20-18-16-14-12-10-8-6-4-2/h12,14,18,20,46,48,51-52,55-56H,3-11,13,15-17,19,21-45,47,49-50H2,1-2H3,(H,54,57)/b14-12-,20-18-,48-46+. The molecule has 0 aromatic rings. The zero-order valence-electron chi connectivity index (χ0n) is 38.6. The third-order valence-electron chi connectivity index (χ3n) is 11.9. The Bertz CT molecular complexity index is 866. The van der Waals surface area contributed by atoms with Gasteiger partial charge in [0.2, 0.25) is 5.91 Å². The van der Waals surface area contributed by atoms with Gasteiger partial charge >= 0.3 is 0 Å². The fraction of sp³-hybridized carbons (Fsp3) is 0.868. The molecular weight excluding hydrogens is 699 g/mol. The first-order valence-corrected chi connectivity index (χ1v) is 25.7. The molecule has 0 fully saturated rings. The summed E-state index contributed by atoms with van der Waals surface area (Å²) in [5.41, 5.74) is 0. The van der Waals surface area contributed by atoms with E-state index in [9.17, 15) is 15.0 Å². The fourth-order valence-electron chi connectivity index (χ4n) is 7.92. The van der Waals surface area contributed by atoms with Gasteiger partial charge in [0.25, 0.3) is 0 Å². The van der Waals surface area contributed by atoms with Crippen molar-refractivity contribution in [3.63, 3.8) is 0 Å². The van der Waals surface area contributed by atoms with E-state index < -0.39 is 12.1 Å². The SMILES string of the molecule is CCCCC/C=C\C/C=C\CCCCCCCCCC(=O)NC(CO)C(O)/C=C/CCCCCCCCCCCCCCCCCCCCCCCCCCCC. The Balaban J connectivity index is 3.49. The highest BCUT2D eigenvalue weighted by Gasteiger charge is 2.18.